The highest BCUT2D eigenvalue weighted by Crippen LogP contribution is 2.33. The third-order valence-corrected chi connectivity index (χ3v) is 2.12. The van der Waals surface area contributed by atoms with E-state index >= 15 is 0 Å². The second-order valence-corrected chi connectivity index (χ2v) is 3.08. The average molecular weight is 182 g/mol. The smallest absolute Gasteiger partial charge is 0.163 e. The van der Waals surface area contributed by atoms with Crippen LogP contribution in [0.4, 0.5) is 4.39 Å². The maximum Gasteiger partial charge on any atom is 0.163 e. The molecule has 0 spiro atoms. The van der Waals surface area contributed by atoms with Crippen LogP contribution in [0, 0.1) is 0 Å². The predicted octanol–water partition coefficient (Wildman–Crippen LogP) is 2.18. The Morgan fingerprint density at radius 1 is 1.23 bits per heavy atom. The molecule has 3 heteroatoms. The Hall–Kier alpha value is -1.25. The van der Waals surface area contributed by atoms with E-state index in [2.05, 4.69) is 0 Å². The molecule has 1 aliphatic heterocycles. The zero-order valence-corrected chi connectivity index (χ0v) is 7.37. The van der Waals surface area contributed by atoms with E-state index in [0.29, 0.717) is 11.5 Å². The van der Waals surface area contributed by atoms with E-state index in [1.807, 2.05) is 18.2 Å². The Morgan fingerprint density at radius 2 is 1.85 bits per heavy atom. The molecule has 1 aliphatic rings. The van der Waals surface area contributed by atoms with Crippen LogP contribution in [0.2, 0.25) is 0 Å². The number of benzene rings is 1. The second-order valence-electron chi connectivity index (χ2n) is 3.08. The fourth-order valence-corrected chi connectivity index (χ4v) is 1.34. The molecule has 0 N–H and O–H groups in total. The number of halogens is 1. The van der Waals surface area contributed by atoms with Crippen molar-refractivity contribution in [3.63, 3.8) is 0 Å². The van der Waals surface area contributed by atoms with E-state index in [9.17, 15) is 4.39 Å². The molecule has 0 amide bonds. The quantitative estimate of drug-likeness (QED) is 0.662. The lowest BCUT2D eigenvalue weighted by Gasteiger charge is -2.30. The number of hydrogen-bond acceptors (Lipinski definition) is 2. The van der Waals surface area contributed by atoms with Crippen LogP contribution in [0.3, 0.4) is 0 Å². The molecule has 13 heavy (non-hydrogen) atoms. The van der Waals surface area contributed by atoms with Gasteiger partial charge in [-0.25, -0.2) is 4.39 Å². The molecular formula is C10H11FO2. The van der Waals surface area contributed by atoms with Crippen molar-refractivity contribution >= 4 is 0 Å². The number of rotatable bonds is 1. The minimum Gasteiger partial charge on any atom is -0.483 e. The summed E-state index contributed by atoms with van der Waals surface area (Å²) in [6.45, 7) is 1.29. The van der Waals surface area contributed by atoms with Crippen molar-refractivity contribution in [3.05, 3.63) is 24.3 Å². The number of ether oxygens (including phenoxy) is 2. The standard InChI is InChI=1S/C10H11FO2/c1-7-10(6-11)13-9-5-3-2-4-8(9)12-7/h2-5,7,10H,6H2,1H3. The van der Waals surface area contributed by atoms with Gasteiger partial charge in [0.05, 0.1) is 0 Å². The minimum atomic E-state index is -0.518. The Labute approximate surface area is 76.3 Å². The van der Waals surface area contributed by atoms with Crippen LogP contribution >= 0.6 is 0 Å². The predicted molar refractivity (Wildman–Crippen MR) is 46.9 cm³/mol. The largest absolute Gasteiger partial charge is 0.483 e. The third-order valence-electron chi connectivity index (χ3n) is 2.12. The van der Waals surface area contributed by atoms with Gasteiger partial charge in [0.15, 0.2) is 17.6 Å². The highest BCUT2D eigenvalue weighted by atomic mass is 19.1. The summed E-state index contributed by atoms with van der Waals surface area (Å²) in [6, 6.07) is 7.31. The fraction of sp³-hybridized carbons (Fsp3) is 0.400. The Balaban J connectivity index is 2.27. The number of para-hydroxylation sites is 2. The van der Waals surface area contributed by atoms with Crippen LogP contribution in [0.25, 0.3) is 0 Å². The van der Waals surface area contributed by atoms with Gasteiger partial charge in [0.25, 0.3) is 0 Å². The van der Waals surface area contributed by atoms with E-state index in [-0.39, 0.29) is 6.10 Å². The molecule has 0 fully saturated rings. The van der Waals surface area contributed by atoms with E-state index in [4.69, 9.17) is 9.47 Å². The summed E-state index contributed by atoms with van der Waals surface area (Å²) >= 11 is 0. The summed E-state index contributed by atoms with van der Waals surface area (Å²) in [6.07, 6.45) is -0.699. The zero-order chi connectivity index (χ0) is 9.26. The van der Waals surface area contributed by atoms with E-state index in [1.54, 1.807) is 13.0 Å². The summed E-state index contributed by atoms with van der Waals surface area (Å²) in [4.78, 5) is 0. The van der Waals surface area contributed by atoms with Crippen molar-refractivity contribution in [2.75, 3.05) is 6.67 Å². The second kappa shape index (κ2) is 3.24. The van der Waals surface area contributed by atoms with Crippen LogP contribution in [-0.2, 0) is 0 Å². The SMILES string of the molecule is CC1Oc2ccccc2OC1CF. The van der Waals surface area contributed by atoms with E-state index in [1.165, 1.54) is 0 Å². The minimum absolute atomic E-state index is 0.222. The summed E-state index contributed by atoms with van der Waals surface area (Å²) in [5.74, 6) is 1.32. The van der Waals surface area contributed by atoms with Gasteiger partial charge in [-0.3, -0.25) is 0 Å². The van der Waals surface area contributed by atoms with Crippen molar-refractivity contribution in [2.45, 2.75) is 19.1 Å². The van der Waals surface area contributed by atoms with Crippen molar-refractivity contribution in [1.29, 1.82) is 0 Å². The van der Waals surface area contributed by atoms with E-state index < -0.39 is 12.8 Å². The van der Waals surface area contributed by atoms with Crippen molar-refractivity contribution in [2.24, 2.45) is 0 Å². The molecule has 1 heterocycles. The van der Waals surface area contributed by atoms with Gasteiger partial charge in [-0.05, 0) is 19.1 Å². The van der Waals surface area contributed by atoms with Crippen LogP contribution < -0.4 is 9.47 Å². The summed E-state index contributed by atoms with van der Waals surface area (Å²) in [5, 5.41) is 0. The molecule has 0 saturated heterocycles. The molecule has 0 radical (unpaired) electrons. The molecule has 1 aromatic carbocycles. The lowest BCUT2D eigenvalue weighted by atomic mass is 10.2. The van der Waals surface area contributed by atoms with Crippen LogP contribution in [0.5, 0.6) is 11.5 Å². The molecule has 1 aromatic rings. The molecule has 0 bridgehead atoms. The van der Waals surface area contributed by atoms with Gasteiger partial charge >= 0.3 is 0 Å². The van der Waals surface area contributed by atoms with Crippen molar-refractivity contribution in [1.82, 2.24) is 0 Å². The number of alkyl halides is 1. The molecule has 0 aliphatic carbocycles. The van der Waals surface area contributed by atoms with E-state index in [0.717, 1.165) is 0 Å². The van der Waals surface area contributed by atoms with Crippen molar-refractivity contribution in [3.8, 4) is 11.5 Å². The topological polar surface area (TPSA) is 18.5 Å². The lowest BCUT2D eigenvalue weighted by Crippen LogP contribution is -2.39. The summed E-state index contributed by atoms with van der Waals surface area (Å²) in [5.41, 5.74) is 0. The maximum atomic E-state index is 12.4. The molecule has 2 rings (SSSR count). The molecule has 2 unspecified atom stereocenters. The fourth-order valence-electron chi connectivity index (χ4n) is 1.34. The first-order chi connectivity index (χ1) is 6.31. The Kier molecular flexibility index (Phi) is 2.08. The molecule has 0 saturated carbocycles. The Morgan fingerprint density at radius 3 is 2.46 bits per heavy atom. The summed E-state index contributed by atoms with van der Waals surface area (Å²) < 4.78 is 23.3. The van der Waals surface area contributed by atoms with Gasteiger partial charge < -0.3 is 9.47 Å². The molecule has 2 atom stereocenters. The van der Waals surface area contributed by atoms with Crippen molar-refractivity contribution < 1.29 is 13.9 Å². The highest BCUT2D eigenvalue weighted by Gasteiger charge is 2.27. The van der Waals surface area contributed by atoms with Gasteiger partial charge in [0.1, 0.15) is 12.8 Å². The maximum absolute atomic E-state index is 12.4. The first kappa shape index (κ1) is 8.35. The average Bonchev–Trinajstić information content (AvgIpc) is 2.17. The molecule has 70 valence electrons. The molecule has 0 aromatic heterocycles. The zero-order valence-electron chi connectivity index (χ0n) is 7.37. The Bertz CT molecular complexity index is 301. The van der Waals surface area contributed by atoms with Gasteiger partial charge in [-0.2, -0.15) is 0 Å². The summed E-state index contributed by atoms with van der Waals surface area (Å²) in [7, 11) is 0. The van der Waals surface area contributed by atoms with Gasteiger partial charge in [0.2, 0.25) is 0 Å². The molecular weight excluding hydrogens is 171 g/mol. The van der Waals surface area contributed by atoms with Crippen LogP contribution in [0.15, 0.2) is 24.3 Å². The number of fused-ring (bicyclic) bond motifs is 1. The normalized spacial score (nSPS) is 25.7. The monoisotopic (exact) mass is 182 g/mol. The van der Waals surface area contributed by atoms with Gasteiger partial charge in [0, 0.05) is 0 Å². The first-order valence-corrected chi connectivity index (χ1v) is 4.29. The highest BCUT2D eigenvalue weighted by molar-refractivity contribution is 5.41. The number of hydrogen-bond donors (Lipinski definition) is 0. The lowest BCUT2D eigenvalue weighted by molar-refractivity contribution is 0.0174. The first-order valence-electron chi connectivity index (χ1n) is 4.29. The third kappa shape index (κ3) is 1.46. The van der Waals surface area contributed by atoms with Gasteiger partial charge in [-0.1, -0.05) is 12.1 Å². The van der Waals surface area contributed by atoms with Crippen LogP contribution in [-0.4, -0.2) is 18.9 Å². The van der Waals surface area contributed by atoms with Crippen LogP contribution in [0.1, 0.15) is 6.92 Å². The molecule has 2 nitrogen and oxygen atoms in total. The van der Waals surface area contributed by atoms with Gasteiger partial charge in [-0.15, -0.1) is 0 Å².